The molecule has 0 radical (unpaired) electrons. The van der Waals surface area contributed by atoms with Crippen LogP contribution in [0.4, 0.5) is 0 Å². The van der Waals surface area contributed by atoms with Crippen molar-refractivity contribution < 1.29 is 30.0 Å². The first-order chi connectivity index (χ1) is 9.41. The Balaban J connectivity index is 2.59. The van der Waals surface area contributed by atoms with Crippen LogP contribution in [-0.4, -0.2) is 32.4 Å². The summed E-state index contributed by atoms with van der Waals surface area (Å²) in [6, 6.07) is 8.17. The molecule has 0 atom stereocenters. The van der Waals surface area contributed by atoms with Gasteiger partial charge in [0.15, 0.2) is 11.5 Å². The molecule has 4 N–H and O–H groups in total. The number of rotatable bonds is 3. The van der Waals surface area contributed by atoms with Crippen LogP contribution in [0, 0.1) is 0 Å². The number of aromatic hydroxyl groups is 2. The number of aromatic carboxylic acids is 2. The highest BCUT2D eigenvalue weighted by Crippen LogP contribution is 2.39. The third-order valence-electron chi connectivity index (χ3n) is 2.80. The Morgan fingerprint density at radius 1 is 0.850 bits per heavy atom. The summed E-state index contributed by atoms with van der Waals surface area (Å²) in [7, 11) is 0. The van der Waals surface area contributed by atoms with Crippen molar-refractivity contribution in [3.63, 3.8) is 0 Å². The maximum atomic E-state index is 10.9. The van der Waals surface area contributed by atoms with E-state index < -0.39 is 29.0 Å². The van der Waals surface area contributed by atoms with Gasteiger partial charge in [-0.1, -0.05) is 12.1 Å². The van der Waals surface area contributed by atoms with Crippen LogP contribution in [0.25, 0.3) is 11.1 Å². The molecule has 0 aromatic heterocycles. The number of phenolic OH excluding ortho intramolecular Hbond substituents is 1. The van der Waals surface area contributed by atoms with Gasteiger partial charge in [0.1, 0.15) is 5.56 Å². The summed E-state index contributed by atoms with van der Waals surface area (Å²) in [5.74, 6) is -3.86. The normalized spacial score (nSPS) is 10.2. The van der Waals surface area contributed by atoms with Crippen molar-refractivity contribution in [1.29, 1.82) is 0 Å². The molecule has 0 aliphatic carbocycles. The minimum Gasteiger partial charge on any atom is -0.504 e. The van der Waals surface area contributed by atoms with Crippen molar-refractivity contribution in [2.24, 2.45) is 0 Å². The van der Waals surface area contributed by atoms with E-state index in [4.69, 9.17) is 10.2 Å². The fraction of sp³-hybridized carbons (Fsp3) is 0. The summed E-state index contributed by atoms with van der Waals surface area (Å²) in [4.78, 5) is 21.7. The Bertz CT molecular complexity index is 705. The van der Waals surface area contributed by atoms with Crippen LogP contribution in [0.2, 0.25) is 0 Å². The average Bonchev–Trinajstić information content (AvgIpc) is 2.41. The molecule has 6 heteroatoms. The summed E-state index contributed by atoms with van der Waals surface area (Å²) < 4.78 is 0. The van der Waals surface area contributed by atoms with Crippen molar-refractivity contribution in [1.82, 2.24) is 0 Å². The van der Waals surface area contributed by atoms with E-state index in [0.717, 1.165) is 6.07 Å². The standard InChI is InChI=1S/C14H10O6/c15-11-9(4-5-10(12(11)16)14(19)20)7-2-1-3-8(6-7)13(17)18/h1-6,15-16H,(H,17,18)(H,19,20). The van der Waals surface area contributed by atoms with Gasteiger partial charge >= 0.3 is 11.9 Å². The van der Waals surface area contributed by atoms with E-state index in [1.807, 2.05) is 0 Å². The van der Waals surface area contributed by atoms with E-state index >= 15 is 0 Å². The monoisotopic (exact) mass is 274 g/mol. The zero-order valence-electron chi connectivity index (χ0n) is 10.1. The molecular weight excluding hydrogens is 264 g/mol. The van der Waals surface area contributed by atoms with E-state index in [-0.39, 0.29) is 11.1 Å². The van der Waals surface area contributed by atoms with Crippen LogP contribution >= 0.6 is 0 Å². The molecule has 0 bridgehead atoms. The van der Waals surface area contributed by atoms with Gasteiger partial charge in [0.25, 0.3) is 0 Å². The zero-order chi connectivity index (χ0) is 14.9. The Morgan fingerprint density at radius 2 is 1.55 bits per heavy atom. The maximum absolute atomic E-state index is 10.9. The molecule has 0 unspecified atom stereocenters. The molecule has 0 aliphatic heterocycles. The van der Waals surface area contributed by atoms with Crippen molar-refractivity contribution in [2.75, 3.05) is 0 Å². The predicted molar refractivity (Wildman–Crippen MR) is 69.1 cm³/mol. The highest BCUT2D eigenvalue weighted by molar-refractivity contribution is 5.94. The lowest BCUT2D eigenvalue weighted by atomic mass is 10.00. The summed E-state index contributed by atoms with van der Waals surface area (Å²) in [6.45, 7) is 0. The van der Waals surface area contributed by atoms with Crippen LogP contribution in [0.3, 0.4) is 0 Å². The average molecular weight is 274 g/mol. The maximum Gasteiger partial charge on any atom is 0.339 e. The molecule has 0 spiro atoms. The van der Waals surface area contributed by atoms with E-state index in [1.54, 1.807) is 6.07 Å². The Hall–Kier alpha value is -3.02. The number of hydrogen-bond acceptors (Lipinski definition) is 4. The molecule has 6 nitrogen and oxygen atoms in total. The lowest BCUT2D eigenvalue weighted by Gasteiger charge is -2.09. The molecular formula is C14H10O6. The van der Waals surface area contributed by atoms with Crippen molar-refractivity contribution in [3.8, 4) is 22.6 Å². The lowest BCUT2D eigenvalue weighted by Crippen LogP contribution is -1.98. The number of carboxylic acid groups (broad SMARTS) is 2. The Labute approximate surface area is 113 Å². The molecule has 2 aromatic rings. The number of carboxylic acids is 2. The van der Waals surface area contributed by atoms with Gasteiger partial charge in [-0.15, -0.1) is 0 Å². The highest BCUT2D eigenvalue weighted by Gasteiger charge is 2.17. The van der Waals surface area contributed by atoms with Gasteiger partial charge in [-0.2, -0.15) is 0 Å². The first-order valence-electron chi connectivity index (χ1n) is 5.53. The second-order valence-electron chi connectivity index (χ2n) is 4.05. The first-order valence-corrected chi connectivity index (χ1v) is 5.53. The molecule has 102 valence electrons. The van der Waals surface area contributed by atoms with E-state index in [9.17, 15) is 19.8 Å². The first kappa shape index (κ1) is 13.4. The van der Waals surface area contributed by atoms with Crippen molar-refractivity contribution in [3.05, 3.63) is 47.5 Å². The molecule has 0 aliphatic rings. The smallest absolute Gasteiger partial charge is 0.339 e. The van der Waals surface area contributed by atoms with Crippen LogP contribution in [0.1, 0.15) is 20.7 Å². The lowest BCUT2D eigenvalue weighted by molar-refractivity contribution is 0.0684. The molecule has 0 heterocycles. The fourth-order valence-electron chi connectivity index (χ4n) is 1.80. The van der Waals surface area contributed by atoms with Gasteiger partial charge in [0.05, 0.1) is 5.56 Å². The minimum absolute atomic E-state index is 0.0173. The minimum atomic E-state index is -1.37. The third kappa shape index (κ3) is 2.26. The quantitative estimate of drug-likeness (QED) is 0.637. The van der Waals surface area contributed by atoms with Crippen LogP contribution < -0.4 is 0 Å². The molecule has 2 rings (SSSR count). The van der Waals surface area contributed by atoms with Crippen LogP contribution in [0.5, 0.6) is 11.5 Å². The van der Waals surface area contributed by atoms with Crippen LogP contribution in [0.15, 0.2) is 36.4 Å². The van der Waals surface area contributed by atoms with Crippen molar-refractivity contribution in [2.45, 2.75) is 0 Å². The number of carbonyl (C=O) groups is 2. The zero-order valence-corrected chi connectivity index (χ0v) is 10.1. The van der Waals surface area contributed by atoms with Gasteiger partial charge in [-0.3, -0.25) is 0 Å². The van der Waals surface area contributed by atoms with Crippen molar-refractivity contribution >= 4 is 11.9 Å². The van der Waals surface area contributed by atoms with E-state index in [2.05, 4.69) is 0 Å². The summed E-state index contributed by atoms with van der Waals surface area (Å²) in [5, 5.41) is 37.2. The van der Waals surface area contributed by atoms with Crippen LogP contribution in [-0.2, 0) is 0 Å². The summed E-state index contributed by atoms with van der Waals surface area (Å²) in [5.41, 5.74) is 0.0922. The number of phenols is 2. The van der Waals surface area contributed by atoms with Gasteiger partial charge < -0.3 is 20.4 Å². The van der Waals surface area contributed by atoms with E-state index in [1.165, 1.54) is 24.3 Å². The van der Waals surface area contributed by atoms with E-state index in [0.29, 0.717) is 5.56 Å². The fourth-order valence-corrected chi connectivity index (χ4v) is 1.80. The second-order valence-corrected chi connectivity index (χ2v) is 4.05. The number of benzene rings is 2. The number of hydrogen-bond donors (Lipinski definition) is 4. The SMILES string of the molecule is O=C(O)c1cccc(-c2ccc(C(=O)O)c(O)c2O)c1. The Kier molecular flexibility index (Phi) is 3.30. The third-order valence-corrected chi connectivity index (χ3v) is 2.80. The summed E-state index contributed by atoms with van der Waals surface area (Å²) >= 11 is 0. The molecule has 20 heavy (non-hydrogen) atoms. The summed E-state index contributed by atoms with van der Waals surface area (Å²) in [6.07, 6.45) is 0. The highest BCUT2D eigenvalue weighted by atomic mass is 16.4. The topological polar surface area (TPSA) is 115 Å². The van der Waals surface area contributed by atoms with Gasteiger partial charge in [0, 0.05) is 5.56 Å². The largest absolute Gasteiger partial charge is 0.504 e. The molecule has 0 saturated carbocycles. The Morgan fingerprint density at radius 3 is 2.15 bits per heavy atom. The van der Waals surface area contributed by atoms with Gasteiger partial charge in [0.2, 0.25) is 0 Å². The second kappa shape index (κ2) is 4.93. The van der Waals surface area contributed by atoms with Gasteiger partial charge in [-0.25, -0.2) is 9.59 Å². The molecule has 0 saturated heterocycles. The molecule has 0 fully saturated rings. The molecule has 2 aromatic carbocycles. The van der Waals surface area contributed by atoms with Gasteiger partial charge in [-0.05, 0) is 29.8 Å². The predicted octanol–water partition coefficient (Wildman–Crippen LogP) is 2.16. The molecule has 0 amide bonds.